The summed E-state index contributed by atoms with van der Waals surface area (Å²) in [7, 11) is 0. The molecule has 0 aliphatic carbocycles. The fourth-order valence-electron chi connectivity index (χ4n) is 1.83. The van der Waals surface area contributed by atoms with E-state index >= 15 is 0 Å². The molecule has 116 valence electrons. The summed E-state index contributed by atoms with van der Waals surface area (Å²) < 4.78 is 9.88. The van der Waals surface area contributed by atoms with Crippen LogP contribution in [0, 0.1) is 6.92 Å². The minimum Gasteiger partial charge on any atom is -0.464 e. The Bertz CT molecular complexity index is 666. The fourth-order valence-corrected chi connectivity index (χ4v) is 1.96. The van der Waals surface area contributed by atoms with E-state index in [9.17, 15) is 9.59 Å². The monoisotopic (exact) mass is 322 g/mol. The molecule has 0 aliphatic rings. The Hall–Kier alpha value is -2.34. The van der Waals surface area contributed by atoms with Gasteiger partial charge < -0.3 is 14.6 Å². The average Bonchev–Trinajstić information content (AvgIpc) is 2.92. The summed E-state index contributed by atoms with van der Waals surface area (Å²) >= 11 is 5.83. The number of carbonyl (C=O) groups excluding carboxylic acids is 2. The summed E-state index contributed by atoms with van der Waals surface area (Å²) in [5.41, 5.74) is 1.14. The number of aromatic nitrogens is 1. The highest BCUT2D eigenvalue weighted by Crippen LogP contribution is 2.19. The molecule has 2 rings (SSSR count). The molecule has 0 radical (unpaired) electrons. The smallest absolute Gasteiger partial charge is 0.333 e. The van der Waals surface area contributed by atoms with E-state index in [1.807, 2.05) is 0 Å². The number of ether oxygens (including phenoxy) is 1. The van der Waals surface area contributed by atoms with Crippen LogP contribution in [0.1, 0.15) is 34.8 Å². The van der Waals surface area contributed by atoms with Crippen molar-refractivity contribution >= 4 is 23.5 Å². The number of hydrogen-bond acceptors (Lipinski definition) is 5. The van der Waals surface area contributed by atoms with Crippen LogP contribution in [0.25, 0.3) is 0 Å². The van der Waals surface area contributed by atoms with Crippen molar-refractivity contribution in [2.45, 2.75) is 19.9 Å². The molecule has 2 aromatic rings. The van der Waals surface area contributed by atoms with Crippen molar-refractivity contribution in [3.05, 3.63) is 52.4 Å². The van der Waals surface area contributed by atoms with Crippen molar-refractivity contribution in [3.63, 3.8) is 0 Å². The molecule has 0 fully saturated rings. The highest BCUT2D eigenvalue weighted by molar-refractivity contribution is 6.30. The number of nitrogens with one attached hydrogen (secondary N) is 1. The van der Waals surface area contributed by atoms with Crippen molar-refractivity contribution in [1.82, 2.24) is 10.5 Å². The second-order valence-electron chi connectivity index (χ2n) is 4.54. The second kappa shape index (κ2) is 7.09. The Kier molecular flexibility index (Phi) is 5.16. The SMILES string of the molecule is CCOC(=O)C(NC(=O)c1cc(C)no1)c1ccc(Cl)cc1. The molecule has 0 bridgehead atoms. The van der Waals surface area contributed by atoms with Gasteiger partial charge in [0.05, 0.1) is 12.3 Å². The van der Waals surface area contributed by atoms with Gasteiger partial charge in [-0.05, 0) is 31.5 Å². The number of aryl methyl sites for hydroxylation is 1. The lowest BCUT2D eigenvalue weighted by Gasteiger charge is -2.17. The number of benzene rings is 1. The fraction of sp³-hybridized carbons (Fsp3) is 0.267. The predicted octanol–water partition coefficient (Wildman–Crippen LogP) is 2.67. The lowest BCUT2D eigenvalue weighted by Crippen LogP contribution is -2.34. The van der Waals surface area contributed by atoms with Gasteiger partial charge in [0.2, 0.25) is 5.76 Å². The Labute approximate surface area is 132 Å². The van der Waals surface area contributed by atoms with Crippen molar-refractivity contribution in [3.8, 4) is 0 Å². The number of esters is 1. The summed E-state index contributed by atoms with van der Waals surface area (Å²) in [6.45, 7) is 3.60. The molecule has 22 heavy (non-hydrogen) atoms. The molecule has 0 saturated carbocycles. The summed E-state index contributed by atoms with van der Waals surface area (Å²) in [6.07, 6.45) is 0. The molecule has 1 amide bonds. The van der Waals surface area contributed by atoms with Gasteiger partial charge in [-0.1, -0.05) is 28.9 Å². The predicted molar refractivity (Wildman–Crippen MR) is 79.5 cm³/mol. The van der Waals surface area contributed by atoms with E-state index in [1.165, 1.54) is 6.07 Å². The third kappa shape index (κ3) is 3.85. The zero-order valence-electron chi connectivity index (χ0n) is 12.1. The van der Waals surface area contributed by atoms with E-state index < -0.39 is 17.9 Å². The molecule has 1 unspecified atom stereocenters. The van der Waals surface area contributed by atoms with Gasteiger partial charge >= 0.3 is 5.97 Å². The first-order chi connectivity index (χ1) is 10.5. The van der Waals surface area contributed by atoms with Crippen LogP contribution in [0.15, 0.2) is 34.9 Å². The maximum atomic E-state index is 12.1. The maximum Gasteiger partial charge on any atom is 0.333 e. The van der Waals surface area contributed by atoms with E-state index in [1.54, 1.807) is 38.1 Å². The maximum absolute atomic E-state index is 12.1. The Morgan fingerprint density at radius 1 is 1.36 bits per heavy atom. The van der Waals surface area contributed by atoms with E-state index in [0.29, 0.717) is 16.3 Å². The summed E-state index contributed by atoms with van der Waals surface area (Å²) in [5.74, 6) is -1.08. The zero-order valence-corrected chi connectivity index (χ0v) is 12.9. The molecule has 0 saturated heterocycles. The molecule has 1 N–H and O–H groups in total. The van der Waals surface area contributed by atoms with Gasteiger partial charge in [0, 0.05) is 11.1 Å². The molecular weight excluding hydrogens is 308 g/mol. The molecule has 7 heteroatoms. The molecule has 0 aliphatic heterocycles. The van der Waals surface area contributed by atoms with Crippen LogP contribution >= 0.6 is 11.6 Å². The molecule has 1 heterocycles. The number of amides is 1. The van der Waals surface area contributed by atoms with E-state index in [2.05, 4.69) is 10.5 Å². The highest BCUT2D eigenvalue weighted by atomic mass is 35.5. The third-order valence-electron chi connectivity index (χ3n) is 2.85. The minimum atomic E-state index is -0.949. The zero-order chi connectivity index (χ0) is 16.1. The van der Waals surface area contributed by atoms with Crippen molar-refractivity contribution in [2.75, 3.05) is 6.61 Å². The lowest BCUT2D eigenvalue weighted by molar-refractivity contribution is -0.145. The topological polar surface area (TPSA) is 81.4 Å². The van der Waals surface area contributed by atoms with Crippen LogP contribution < -0.4 is 5.32 Å². The summed E-state index contributed by atoms with van der Waals surface area (Å²) in [4.78, 5) is 24.2. The first-order valence-corrected chi connectivity index (χ1v) is 7.05. The largest absolute Gasteiger partial charge is 0.464 e. The third-order valence-corrected chi connectivity index (χ3v) is 3.10. The number of rotatable bonds is 5. The Balaban J connectivity index is 2.22. The average molecular weight is 323 g/mol. The van der Waals surface area contributed by atoms with Gasteiger partial charge in [-0.3, -0.25) is 4.79 Å². The Morgan fingerprint density at radius 3 is 2.59 bits per heavy atom. The van der Waals surface area contributed by atoms with Crippen molar-refractivity contribution in [1.29, 1.82) is 0 Å². The van der Waals surface area contributed by atoms with Crippen molar-refractivity contribution < 1.29 is 18.8 Å². The number of carbonyl (C=O) groups is 2. The van der Waals surface area contributed by atoms with Gasteiger partial charge in [0.1, 0.15) is 0 Å². The van der Waals surface area contributed by atoms with Crippen LogP contribution in [-0.2, 0) is 9.53 Å². The van der Waals surface area contributed by atoms with Gasteiger partial charge in [0.15, 0.2) is 6.04 Å². The van der Waals surface area contributed by atoms with Gasteiger partial charge in [0.25, 0.3) is 5.91 Å². The summed E-state index contributed by atoms with van der Waals surface area (Å²) in [6, 6.07) is 7.10. The molecule has 1 atom stereocenters. The van der Waals surface area contributed by atoms with Crippen LogP contribution in [0.3, 0.4) is 0 Å². The first kappa shape index (κ1) is 16.0. The molecular formula is C15H15ClN2O4. The van der Waals surface area contributed by atoms with Gasteiger partial charge in [-0.25, -0.2) is 4.79 Å². The molecule has 6 nitrogen and oxygen atoms in total. The number of nitrogens with zero attached hydrogens (tertiary/aromatic N) is 1. The van der Waals surface area contributed by atoms with E-state index in [4.69, 9.17) is 20.9 Å². The quantitative estimate of drug-likeness (QED) is 0.856. The lowest BCUT2D eigenvalue weighted by atomic mass is 10.1. The standard InChI is InChI=1S/C15H15ClN2O4/c1-3-21-15(20)13(10-4-6-11(16)7-5-10)17-14(19)12-8-9(2)18-22-12/h4-8,13H,3H2,1-2H3,(H,17,19). The number of hydrogen-bond donors (Lipinski definition) is 1. The van der Waals surface area contributed by atoms with Crippen LogP contribution in [0.5, 0.6) is 0 Å². The minimum absolute atomic E-state index is 0.0285. The van der Waals surface area contributed by atoms with Crippen LogP contribution in [0.2, 0.25) is 5.02 Å². The molecule has 0 spiro atoms. The second-order valence-corrected chi connectivity index (χ2v) is 4.98. The first-order valence-electron chi connectivity index (χ1n) is 6.67. The van der Waals surface area contributed by atoms with Crippen LogP contribution in [0.4, 0.5) is 0 Å². The van der Waals surface area contributed by atoms with Gasteiger partial charge in [-0.15, -0.1) is 0 Å². The normalized spacial score (nSPS) is 11.8. The summed E-state index contributed by atoms with van der Waals surface area (Å²) in [5, 5.41) is 6.75. The highest BCUT2D eigenvalue weighted by Gasteiger charge is 2.26. The van der Waals surface area contributed by atoms with Crippen LogP contribution in [-0.4, -0.2) is 23.6 Å². The Morgan fingerprint density at radius 2 is 2.05 bits per heavy atom. The van der Waals surface area contributed by atoms with Crippen molar-refractivity contribution in [2.24, 2.45) is 0 Å². The van der Waals surface area contributed by atoms with E-state index in [0.717, 1.165) is 0 Å². The van der Waals surface area contributed by atoms with Gasteiger partial charge in [-0.2, -0.15) is 0 Å². The van der Waals surface area contributed by atoms with E-state index in [-0.39, 0.29) is 12.4 Å². The molecule has 1 aromatic heterocycles. The number of halogens is 1. The molecule has 1 aromatic carbocycles.